The van der Waals surface area contributed by atoms with Crippen LogP contribution in [0.1, 0.15) is 34.6 Å². The van der Waals surface area contributed by atoms with E-state index in [4.69, 9.17) is 9.47 Å². The molecule has 4 atom stereocenters. The van der Waals surface area contributed by atoms with E-state index in [2.05, 4.69) is 0 Å². The van der Waals surface area contributed by atoms with Crippen LogP contribution in [0, 0.1) is 0 Å². The Balaban J connectivity index is 2.39. The van der Waals surface area contributed by atoms with Gasteiger partial charge in [0.1, 0.15) is 17.0 Å². The van der Waals surface area contributed by atoms with Crippen LogP contribution in [-0.4, -0.2) is 44.0 Å². The summed E-state index contributed by atoms with van der Waals surface area (Å²) in [5.41, 5.74) is -6.42. The molecule has 0 spiro atoms. The molecule has 0 radical (unpaired) electrons. The van der Waals surface area contributed by atoms with E-state index in [1.807, 2.05) is 6.07 Å². The van der Waals surface area contributed by atoms with Crippen molar-refractivity contribution in [3.05, 3.63) is 30.3 Å². The molecule has 118 valence electrons. The fourth-order valence-electron chi connectivity index (χ4n) is 2.57. The fraction of sp³-hybridized carbons (Fsp3) is 0.625. The van der Waals surface area contributed by atoms with Crippen LogP contribution in [0.5, 0.6) is 5.75 Å². The predicted octanol–water partition coefficient (Wildman–Crippen LogP) is 1.45. The van der Waals surface area contributed by atoms with E-state index in [1.165, 1.54) is 20.8 Å². The molecule has 1 aliphatic heterocycles. The van der Waals surface area contributed by atoms with Gasteiger partial charge >= 0.3 is 0 Å². The van der Waals surface area contributed by atoms with E-state index in [1.54, 1.807) is 38.1 Å². The van der Waals surface area contributed by atoms with Crippen LogP contribution in [0.25, 0.3) is 0 Å². The predicted molar refractivity (Wildman–Crippen MR) is 77.9 cm³/mol. The molecule has 0 unspecified atom stereocenters. The third-order valence-corrected chi connectivity index (χ3v) is 4.95. The number of hydrogen-bond acceptors (Lipinski definition) is 5. The molecular formula is C16H24O5. The summed E-state index contributed by atoms with van der Waals surface area (Å²) >= 11 is 0. The second-order valence-electron chi connectivity index (χ2n) is 6.68. The van der Waals surface area contributed by atoms with Crippen LogP contribution in [0.3, 0.4) is 0 Å². The van der Waals surface area contributed by atoms with Gasteiger partial charge in [0.25, 0.3) is 0 Å². The van der Waals surface area contributed by atoms with Gasteiger partial charge in [0.2, 0.25) is 6.29 Å². The first kappa shape index (κ1) is 16.2. The summed E-state index contributed by atoms with van der Waals surface area (Å²) in [6.07, 6.45) is -1.12. The third-order valence-electron chi connectivity index (χ3n) is 4.95. The van der Waals surface area contributed by atoms with Crippen LogP contribution in [-0.2, 0) is 4.74 Å². The van der Waals surface area contributed by atoms with E-state index in [-0.39, 0.29) is 0 Å². The zero-order valence-electron chi connectivity index (χ0n) is 13.1. The molecular weight excluding hydrogens is 272 g/mol. The molecule has 2 rings (SSSR count). The van der Waals surface area contributed by atoms with Gasteiger partial charge in [-0.15, -0.1) is 0 Å². The lowest BCUT2D eigenvalue weighted by molar-refractivity contribution is -0.396. The summed E-state index contributed by atoms with van der Waals surface area (Å²) < 4.78 is 11.5. The minimum Gasteiger partial charge on any atom is -0.462 e. The van der Waals surface area contributed by atoms with E-state index in [9.17, 15) is 15.3 Å². The molecule has 0 amide bonds. The molecule has 1 saturated heterocycles. The van der Waals surface area contributed by atoms with Gasteiger partial charge in [-0.3, -0.25) is 0 Å². The molecule has 1 fully saturated rings. The van der Waals surface area contributed by atoms with Crippen molar-refractivity contribution in [1.82, 2.24) is 0 Å². The molecule has 0 aromatic heterocycles. The van der Waals surface area contributed by atoms with Gasteiger partial charge in [-0.05, 0) is 46.8 Å². The Morgan fingerprint density at radius 2 is 1.43 bits per heavy atom. The molecule has 1 aromatic rings. The van der Waals surface area contributed by atoms with Crippen LogP contribution in [0.4, 0.5) is 0 Å². The zero-order valence-corrected chi connectivity index (χ0v) is 13.1. The van der Waals surface area contributed by atoms with E-state index >= 15 is 0 Å². The van der Waals surface area contributed by atoms with E-state index < -0.39 is 28.7 Å². The van der Waals surface area contributed by atoms with Gasteiger partial charge in [-0.1, -0.05) is 18.2 Å². The Labute approximate surface area is 125 Å². The number of hydrogen-bond donors (Lipinski definition) is 3. The van der Waals surface area contributed by atoms with Crippen molar-refractivity contribution in [3.8, 4) is 5.75 Å². The summed E-state index contributed by atoms with van der Waals surface area (Å²) in [5.74, 6) is 0.510. The fourth-order valence-corrected chi connectivity index (χ4v) is 2.57. The number of benzene rings is 1. The van der Waals surface area contributed by atoms with Crippen LogP contribution >= 0.6 is 0 Å². The maximum Gasteiger partial charge on any atom is 0.232 e. The molecule has 5 heteroatoms. The number of rotatable bonds is 2. The van der Waals surface area contributed by atoms with Crippen molar-refractivity contribution < 1.29 is 24.8 Å². The Morgan fingerprint density at radius 3 is 1.95 bits per heavy atom. The van der Waals surface area contributed by atoms with Gasteiger partial charge in [0.15, 0.2) is 5.60 Å². The van der Waals surface area contributed by atoms with Gasteiger partial charge in [0.05, 0.1) is 5.60 Å². The molecule has 21 heavy (non-hydrogen) atoms. The molecule has 1 aliphatic rings. The van der Waals surface area contributed by atoms with Crippen molar-refractivity contribution in [2.45, 2.75) is 63.3 Å². The number of ether oxygens (including phenoxy) is 2. The highest BCUT2D eigenvalue weighted by molar-refractivity contribution is 5.23. The first-order valence-electron chi connectivity index (χ1n) is 7.00. The monoisotopic (exact) mass is 296 g/mol. The second-order valence-corrected chi connectivity index (χ2v) is 6.68. The highest BCUT2D eigenvalue weighted by atomic mass is 16.7. The van der Waals surface area contributed by atoms with Crippen LogP contribution in [0.15, 0.2) is 30.3 Å². The van der Waals surface area contributed by atoms with Crippen molar-refractivity contribution in [2.75, 3.05) is 0 Å². The minimum absolute atomic E-state index is 0.510. The lowest BCUT2D eigenvalue weighted by atomic mass is 9.64. The summed E-state index contributed by atoms with van der Waals surface area (Å²) in [6.45, 7) is 7.53. The highest BCUT2D eigenvalue weighted by Gasteiger charge is 2.69. The normalized spacial score (nSPS) is 42.6. The summed E-state index contributed by atoms with van der Waals surface area (Å²) in [7, 11) is 0. The average Bonchev–Trinajstić information content (AvgIpc) is 2.37. The molecule has 5 nitrogen and oxygen atoms in total. The molecule has 0 aliphatic carbocycles. The van der Waals surface area contributed by atoms with Gasteiger partial charge in [-0.2, -0.15) is 0 Å². The standard InChI is InChI=1S/C16H24O5/c1-13(2)15(4,18)16(5,19)14(3,17)12(21-13)20-11-9-7-6-8-10-11/h6-10,12,17-19H,1-5H3/t12-,14+,15-,16+/m1/s1. The van der Waals surface area contributed by atoms with Crippen molar-refractivity contribution >= 4 is 0 Å². The Kier molecular flexibility index (Phi) is 3.62. The third kappa shape index (κ3) is 2.25. The topological polar surface area (TPSA) is 79.2 Å². The molecule has 0 bridgehead atoms. The van der Waals surface area contributed by atoms with E-state index in [0.29, 0.717) is 5.75 Å². The molecule has 1 aromatic carbocycles. The average molecular weight is 296 g/mol. The maximum absolute atomic E-state index is 10.8. The van der Waals surface area contributed by atoms with Gasteiger partial charge in [0, 0.05) is 0 Å². The largest absolute Gasteiger partial charge is 0.462 e. The molecule has 0 saturated carbocycles. The first-order chi connectivity index (χ1) is 9.43. The first-order valence-corrected chi connectivity index (χ1v) is 7.00. The Morgan fingerprint density at radius 1 is 0.905 bits per heavy atom. The van der Waals surface area contributed by atoms with Crippen molar-refractivity contribution in [2.24, 2.45) is 0 Å². The summed E-state index contributed by atoms with van der Waals surface area (Å²) in [5, 5.41) is 32.1. The van der Waals surface area contributed by atoms with E-state index in [0.717, 1.165) is 0 Å². The maximum atomic E-state index is 10.8. The minimum atomic E-state index is -1.83. The summed E-state index contributed by atoms with van der Waals surface area (Å²) in [4.78, 5) is 0. The lowest BCUT2D eigenvalue weighted by Gasteiger charge is -2.60. The smallest absolute Gasteiger partial charge is 0.232 e. The SMILES string of the molecule is CC1(C)O[C@@H](Oc2ccccc2)[C@](C)(O)[C@](C)(O)[C@]1(C)O. The number of aliphatic hydroxyl groups is 3. The van der Waals surface area contributed by atoms with Crippen molar-refractivity contribution in [1.29, 1.82) is 0 Å². The van der Waals surface area contributed by atoms with Crippen molar-refractivity contribution in [3.63, 3.8) is 0 Å². The molecule has 3 N–H and O–H groups in total. The quantitative estimate of drug-likeness (QED) is 0.770. The van der Waals surface area contributed by atoms with Gasteiger partial charge < -0.3 is 24.8 Å². The highest BCUT2D eigenvalue weighted by Crippen LogP contribution is 2.49. The Hall–Kier alpha value is -1.14. The second kappa shape index (κ2) is 4.68. The van der Waals surface area contributed by atoms with Gasteiger partial charge in [-0.25, -0.2) is 0 Å². The van der Waals surface area contributed by atoms with Crippen LogP contribution in [0.2, 0.25) is 0 Å². The zero-order chi connectivity index (χ0) is 16.1. The van der Waals surface area contributed by atoms with Crippen LogP contribution < -0.4 is 4.74 Å². The molecule has 1 heterocycles. The summed E-state index contributed by atoms with van der Waals surface area (Å²) in [6, 6.07) is 8.90. The Bertz CT molecular complexity index is 505. The lowest BCUT2D eigenvalue weighted by Crippen LogP contribution is -2.80. The number of para-hydroxylation sites is 1.